The van der Waals surface area contributed by atoms with E-state index in [0.29, 0.717) is 13.2 Å². The van der Waals surface area contributed by atoms with Crippen LogP contribution in [0.2, 0.25) is 0 Å². The number of hydrogen-bond acceptors (Lipinski definition) is 2. The minimum Gasteiger partial charge on any atom is -0.493 e. The number of fused-ring (bicyclic) bond motifs is 1. The Bertz CT molecular complexity index is 722. The van der Waals surface area contributed by atoms with Crippen LogP contribution < -0.4 is 9.47 Å². The number of allylic oxidation sites excluding steroid dienone is 3. The molecule has 0 amide bonds. The van der Waals surface area contributed by atoms with Gasteiger partial charge in [-0.15, -0.1) is 0 Å². The second-order valence-electron chi connectivity index (χ2n) is 6.25. The van der Waals surface area contributed by atoms with Crippen molar-refractivity contribution >= 4 is 10.8 Å². The summed E-state index contributed by atoms with van der Waals surface area (Å²) in [5.74, 6) is 1.79. The molecule has 0 aromatic heterocycles. The van der Waals surface area contributed by atoms with Crippen LogP contribution in [0.15, 0.2) is 59.7 Å². The first kappa shape index (κ1) is 18.1. The molecule has 0 bridgehead atoms. The van der Waals surface area contributed by atoms with Crippen LogP contribution in [0.1, 0.15) is 40.5 Å². The van der Waals surface area contributed by atoms with E-state index in [9.17, 15) is 0 Å². The molecule has 0 aliphatic carbocycles. The van der Waals surface area contributed by atoms with Crippen LogP contribution in [0.3, 0.4) is 0 Å². The Morgan fingerprint density at radius 2 is 1.83 bits per heavy atom. The fourth-order valence-corrected chi connectivity index (χ4v) is 2.56. The van der Waals surface area contributed by atoms with Crippen molar-refractivity contribution in [3.8, 4) is 11.5 Å². The van der Waals surface area contributed by atoms with Crippen molar-refractivity contribution in [2.24, 2.45) is 0 Å². The molecular formula is C22H28O2. The van der Waals surface area contributed by atoms with E-state index in [0.717, 1.165) is 29.7 Å². The van der Waals surface area contributed by atoms with Crippen LogP contribution in [0.25, 0.3) is 10.8 Å². The molecule has 2 heteroatoms. The highest BCUT2D eigenvalue weighted by Crippen LogP contribution is 2.29. The standard InChI is InChI=1S/C22H28O2/c1-5-23-22-11-7-10-19-12-13-20(16-21(19)22)24-15-14-18(4)9-6-8-17(2)3/h7-8,10-14,16H,5-6,9,15H2,1-4H3/b18-14-. The Morgan fingerprint density at radius 3 is 2.58 bits per heavy atom. The maximum absolute atomic E-state index is 5.90. The summed E-state index contributed by atoms with van der Waals surface area (Å²) in [5, 5.41) is 2.27. The Balaban J connectivity index is 2.00. The van der Waals surface area contributed by atoms with Crippen molar-refractivity contribution in [1.82, 2.24) is 0 Å². The molecule has 0 atom stereocenters. The molecule has 2 rings (SSSR count). The second-order valence-corrected chi connectivity index (χ2v) is 6.25. The van der Waals surface area contributed by atoms with Gasteiger partial charge < -0.3 is 9.47 Å². The highest BCUT2D eigenvalue weighted by atomic mass is 16.5. The van der Waals surface area contributed by atoms with Gasteiger partial charge in [0.2, 0.25) is 0 Å². The Labute approximate surface area is 145 Å². The molecule has 128 valence electrons. The van der Waals surface area contributed by atoms with E-state index in [-0.39, 0.29) is 0 Å². The highest BCUT2D eigenvalue weighted by molar-refractivity contribution is 5.89. The third-order valence-corrected chi connectivity index (χ3v) is 3.89. The molecule has 0 fully saturated rings. The topological polar surface area (TPSA) is 18.5 Å². The molecule has 0 radical (unpaired) electrons. The van der Waals surface area contributed by atoms with Crippen LogP contribution in [0.5, 0.6) is 11.5 Å². The van der Waals surface area contributed by atoms with E-state index >= 15 is 0 Å². The van der Waals surface area contributed by atoms with E-state index in [1.165, 1.54) is 16.5 Å². The number of hydrogen-bond donors (Lipinski definition) is 0. The Kier molecular flexibility index (Phi) is 6.92. The maximum atomic E-state index is 5.90. The Hall–Kier alpha value is -2.22. The van der Waals surface area contributed by atoms with E-state index < -0.39 is 0 Å². The first-order chi connectivity index (χ1) is 11.6. The summed E-state index contributed by atoms with van der Waals surface area (Å²) in [5.41, 5.74) is 2.74. The molecular weight excluding hydrogens is 296 g/mol. The summed E-state index contributed by atoms with van der Waals surface area (Å²) < 4.78 is 11.6. The second kappa shape index (κ2) is 9.17. The lowest BCUT2D eigenvalue weighted by molar-refractivity contribution is 0.343. The molecule has 0 aliphatic rings. The molecule has 0 saturated carbocycles. The van der Waals surface area contributed by atoms with Crippen molar-refractivity contribution in [1.29, 1.82) is 0 Å². The predicted molar refractivity (Wildman–Crippen MR) is 103 cm³/mol. The van der Waals surface area contributed by atoms with Gasteiger partial charge in [0.15, 0.2) is 0 Å². The first-order valence-electron chi connectivity index (χ1n) is 8.67. The zero-order chi connectivity index (χ0) is 17.4. The van der Waals surface area contributed by atoms with Crippen molar-refractivity contribution in [2.75, 3.05) is 13.2 Å². The van der Waals surface area contributed by atoms with Gasteiger partial charge in [-0.3, -0.25) is 0 Å². The van der Waals surface area contributed by atoms with Crippen LogP contribution in [-0.4, -0.2) is 13.2 Å². The fourth-order valence-electron chi connectivity index (χ4n) is 2.56. The minimum atomic E-state index is 0.600. The monoisotopic (exact) mass is 324 g/mol. The van der Waals surface area contributed by atoms with E-state index in [2.05, 4.69) is 51.1 Å². The summed E-state index contributed by atoms with van der Waals surface area (Å²) in [6, 6.07) is 12.3. The summed E-state index contributed by atoms with van der Waals surface area (Å²) in [6.07, 6.45) is 6.62. The van der Waals surface area contributed by atoms with Crippen molar-refractivity contribution < 1.29 is 9.47 Å². The van der Waals surface area contributed by atoms with Gasteiger partial charge >= 0.3 is 0 Å². The quantitative estimate of drug-likeness (QED) is 0.530. The summed E-state index contributed by atoms with van der Waals surface area (Å²) in [7, 11) is 0. The van der Waals surface area contributed by atoms with Crippen molar-refractivity contribution in [3.63, 3.8) is 0 Å². The largest absolute Gasteiger partial charge is 0.493 e. The zero-order valence-corrected chi connectivity index (χ0v) is 15.3. The average Bonchev–Trinajstić information content (AvgIpc) is 2.55. The van der Waals surface area contributed by atoms with Crippen molar-refractivity contribution in [2.45, 2.75) is 40.5 Å². The van der Waals surface area contributed by atoms with Crippen molar-refractivity contribution in [3.05, 3.63) is 59.7 Å². The number of rotatable bonds is 8. The molecule has 0 unspecified atom stereocenters. The lowest BCUT2D eigenvalue weighted by Gasteiger charge is -2.10. The van der Waals surface area contributed by atoms with Gasteiger partial charge in [0, 0.05) is 5.39 Å². The molecule has 0 N–H and O–H groups in total. The molecule has 24 heavy (non-hydrogen) atoms. The van der Waals surface area contributed by atoms with Crippen LogP contribution in [0.4, 0.5) is 0 Å². The smallest absolute Gasteiger partial charge is 0.127 e. The lowest BCUT2D eigenvalue weighted by Crippen LogP contribution is -1.96. The van der Waals surface area contributed by atoms with Gasteiger partial charge in [-0.2, -0.15) is 0 Å². The van der Waals surface area contributed by atoms with Crippen LogP contribution in [-0.2, 0) is 0 Å². The van der Waals surface area contributed by atoms with E-state index in [1.54, 1.807) is 0 Å². The normalized spacial score (nSPS) is 11.4. The molecule has 0 saturated heterocycles. The van der Waals surface area contributed by atoms with Crippen LogP contribution in [0, 0.1) is 0 Å². The third kappa shape index (κ3) is 5.45. The van der Waals surface area contributed by atoms with Gasteiger partial charge in [-0.25, -0.2) is 0 Å². The molecule has 0 aliphatic heterocycles. The minimum absolute atomic E-state index is 0.600. The molecule has 2 aromatic carbocycles. The molecule has 2 nitrogen and oxygen atoms in total. The lowest BCUT2D eigenvalue weighted by atomic mass is 10.1. The van der Waals surface area contributed by atoms with Gasteiger partial charge in [-0.1, -0.05) is 35.4 Å². The number of benzene rings is 2. The molecule has 0 spiro atoms. The number of ether oxygens (including phenoxy) is 2. The van der Waals surface area contributed by atoms with Gasteiger partial charge in [0.05, 0.1) is 6.61 Å². The molecule has 0 heterocycles. The van der Waals surface area contributed by atoms with E-state index in [1.807, 2.05) is 25.1 Å². The highest BCUT2D eigenvalue weighted by Gasteiger charge is 2.03. The summed E-state index contributed by atoms with van der Waals surface area (Å²) >= 11 is 0. The predicted octanol–water partition coefficient (Wildman–Crippen LogP) is 6.31. The fraction of sp³-hybridized carbons (Fsp3) is 0.364. The first-order valence-corrected chi connectivity index (χ1v) is 8.67. The summed E-state index contributed by atoms with van der Waals surface area (Å²) in [4.78, 5) is 0. The Morgan fingerprint density at radius 1 is 1.00 bits per heavy atom. The average molecular weight is 324 g/mol. The van der Waals surface area contributed by atoms with Gasteiger partial charge in [-0.05, 0) is 70.2 Å². The van der Waals surface area contributed by atoms with E-state index in [4.69, 9.17) is 9.47 Å². The zero-order valence-electron chi connectivity index (χ0n) is 15.3. The van der Waals surface area contributed by atoms with Gasteiger partial charge in [0.25, 0.3) is 0 Å². The van der Waals surface area contributed by atoms with Gasteiger partial charge in [0.1, 0.15) is 18.1 Å². The summed E-state index contributed by atoms with van der Waals surface area (Å²) in [6.45, 7) is 9.70. The van der Waals surface area contributed by atoms with Crippen LogP contribution >= 0.6 is 0 Å². The third-order valence-electron chi connectivity index (χ3n) is 3.89. The molecule has 2 aromatic rings. The maximum Gasteiger partial charge on any atom is 0.127 e. The SMILES string of the molecule is CCOc1cccc2ccc(OC/C=C(/C)CCC=C(C)C)cc12.